The minimum absolute atomic E-state index is 0.0664. The van der Waals surface area contributed by atoms with E-state index in [1.807, 2.05) is 36.4 Å². The van der Waals surface area contributed by atoms with Crippen molar-refractivity contribution in [3.63, 3.8) is 0 Å². The molecule has 0 heterocycles. The van der Waals surface area contributed by atoms with Crippen LogP contribution in [0, 0.1) is 0 Å². The molecule has 1 amide bonds. The van der Waals surface area contributed by atoms with Gasteiger partial charge in [-0.1, -0.05) is 60.7 Å². The Bertz CT molecular complexity index is 488. The molecule has 2 aromatic rings. The average molecular weight is 285 g/mol. The molecule has 0 aromatic heterocycles. The Morgan fingerprint density at radius 3 is 1.90 bits per heavy atom. The molecule has 0 bridgehead atoms. The van der Waals surface area contributed by atoms with Crippen LogP contribution >= 0.6 is 12.6 Å². The Hall–Kier alpha value is -1.74. The van der Waals surface area contributed by atoms with Crippen LogP contribution in [0.1, 0.15) is 23.5 Å². The molecule has 0 atom stereocenters. The van der Waals surface area contributed by atoms with Crippen molar-refractivity contribution in [1.82, 2.24) is 5.32 Å². The normalized spacial score (nSPS) is 10.5. The molecular formula is C17H19NOS. The molecule has 1 N–H and O–H groups in total. The standard InChI is InChI=1S/C17H19NOS/c19-17(18-11-12-20)13-16(14-7-3-1-4-8-14)15-9-5-2-6-10-15/h1-10,16,20H,11-13H2,(H,18,19). The van der Waals surface area contributed by atoms with Gasteiger partial charge in [-0.2, -0.15) is 12.6 Å². The molecule has 0 aliphatic rings. The maximum Gasteiger partial charge on any atom is 0.220 e. The van der Waals surface area contributed by atoms with E-state index in [0.29, 0.717) is 18.7 Å². The first-order chi connectivity index (χ1) is 9.81. The summed E-state index contributed by atoms with van der Waals surface area (Å²) >= 11 is 4.11. The third-order valence-electron chi connectivity index (χ3n) is 3.23. The van der Waals surface area contributed by atoms with Gasteiger partial charge in [0.1, 0.15) is 0 Å². The van der Waals surface area contributed by atoms with E-state index < -0.39 is 0 Å². The summed E-state index contributed by atoms with van der Waals surface area (Å²) in [5.74, 6) is 0.821. The number of hydrogen-bond donors (Lipinski definition) is 2. The van der Waals surface area contributed by atoms with E-state index in [0.717, 1.165) is 0 Å². The summed E-state index contributed by atoms with van der Waals surface area (Å²) in [5.41, 5.74) is 2.33. The zero-order chi connectivity index (χ0) is 14.2. The van der Waals surface area contributed by atoms with Crippen LogP contribution in [-0.4, -0.2) is 18.2 Å². The lowest BCUT2D eigenvalue weighted by molar-refractivity contribution is -0.121. The first-order valence-electron chi connectivity index (χ1n) is 6.78. The summed E-state index contributed by atoms with van der Waals surface area (Å²) in [4.78, 5) is 12.0. The number of thiol groups is 1. The smallest absolute Gasteiger partial charge is 0.220 e. The molecule has 2 nitrogen and oxygen atoms in total. The van der Waals surface area contributed by atoms with Gasteiger partial charge in [0.05, 0.1) is 0 Å². The number of nitrogens with one attached hydrogen (secondary N) is 1. The van der Waals surface area contributed by atoms with E-state index in [1.54, 1.807) is 0 Å². The topological polar surface area (TPSA) is 29.1 Å². The van der Waals surface area contributed by atoms with Crippen molar-refractivity contribution < 1.29 is 4.79 Å². The second-order valence-electron chi connectivity index (χ2n) is 4.65. The van der Waals surface area contributed by atoms with Crippen LogP contribution in [0.4, 0.5) is 0 Å². The maximum atomic E-state index is 12.0. The van der Waals surface area contributed by atoms with Crippen molar-refractivity contribution in [1.29, 1.82) is 0 Å². The van der Waals surface area contributed by atoms with Gasteiger partial charge in [0.15, 0.2) is 0 Å². The van der Waals surface area contributed by atoms with Crippen LogP contribution in [0.3, 0.4) is 0 Å². The quantitative estimate of drug-likeness (QED) is 0.784. The van der Waals surface area contributed by atoms with Gasteiger partial charge in [-0.15, -0.1) is 0 Å². The SMILES string of the molecule is O=C(CC(c1ccccc1)c1ccccc1)NCCS. The Kier molecular flexibility index (Phi) is 5.69. The molecular weight excluding hydrogens is 266 g/mol. The highest BCUT2D eigenvalue weighted by Gasteiger charge is 2.17. The van der Waals surface area contributed by atoms with Crippen LogP contribution in [0.2, 0.25) is 0 Å². The fraction of sp³-hybridized carbons (Fsp3) is 0.235. The highest BCUT2D eigenvalue weighted by Crippen LogP contribution is 2.27. The maximum absolute atomic E-state index is 12.0. The minimum atomic E-state index is 0.0664. The van der Waals surface area contributed by atoms with Gasteiger partial charge in [-0.3, -0.25) is 4.79 Å². The summed E-state index contributed by atoms with van der Waals surface area (Å²) in [5, 5.41) is 2.89. The van der Waals surface area contributed by atoms with Gasteiger partial charge in [0, 0.05) is 24.6 Å². The lowest BCUT2D eigenvalue weighted by Gasteiger charge is -2.17. The predicted octanol–water partition coefficient (Wildman–Crippen LogP) is 3.25. The second kappa shape index (κ2) is 7.75. The molecule has 0 aliphatic carbocycles. The zero-order valence-electron chi connectivity index (χ0n) is 11.3. The third kappa shape index (κ3) is 4.14. The lowest BCUT2D eigenvalue weighted by atomic mass is 9.88. The van der Waals surface area contributed by atoms with Gasteiger partial charge in [0.2, 0.25) is 5.91 Å². The van der Waals surface area contributed by atoms with Gasteiger partial charge < -0.3 is 5.32 Å². The van der Waals surface area contributed by atoms with E-state index in [4.69, 9.17) is 0 Å². The zero-order valence-corrected chi connectivity index (χ0v) is 12.2. The summed E-state index contributed by atoms with van der Waals surface area (Å²) in [6.07, 6.45) is 0.460. The summed E-state index contributed by atoms with van der Waals surface area (Å²) in [7, 11) is 0. The Morgan fingerprint density at radius 2 is 1.45 bits per heavy atom. The van der Waals surface area contributed by atoms with Crippen molar-refractivity contribution in [2.24, 2.45) is 0 Å². The highest BCUT2D eigenvalue weighted by atomic mass is 32.1. The first kappa shape index (κ1) is 14.7. The molecule has 0 unspecified atom stereocenters. The number of rotatable bonds is 6. The minimum Gasteiger partial charge on any atom is -0.355 e. The van der Waals surface area contributed by atoms with Crippen molar-refractivity contribution in [2.45, 2.75) is 12.3 Å². The Balaban J connectivity index is 2.19. The van der Waals surface area contributed by atoms with E-state index in [1.165, 1.54) is 11.1 Å². The van der Waals surface area contributed by atoms with E-state index in [9.17, 15) is 4.79 Å². The van der Waals surface area contributed by atoms with Gasteiger partial charge in [-0.25, -0.2) is 0 Å². The average Bonchev–Trinajstić information content (AvgIpc) is 2.52. The summed E-state index contributed by atoms with van der Waals surface area (Å²) < 4.78 is 0. The Morgan fingerprint density at radius 1 is 0.950 bits per heavy atom. The summed E-state index contributed by atoms with van der Waals surface area (Å²) in [6, 6.07) is 20.3. The number of carbonyl (C=O) groups is 1. The van der Waals surface area contributed by atoms with Crippen molar-refractivity contribution in [2.75, 3.05) is 12.3 Å². The first-order valence-corrected chi connectivity index (χ1v) is 7.42. The molecule has 0 radical (unpaired) electrons. The number of benzene rings is 2. The van der Waals surface area contributed by atoms with Crippen molar-refractivity contribution >= 4 is 18.5 Å². The molecule has 0 fully saturated rings. The van der Waals surface area contributed by atoms with Crippen LogP contribution < -0.4 is 5.32 Å². The summed E-state index contributed by atoms with van der Waals surface area (Å²) in [6.45, 7) is 0.609. The van der Waals surface area contributed by atoms with Crippen LogP contribution in [0.15, 0.2) is 60.7 Å². The number of hydrogen-bond acceptors (Lipinski definition) is 2. The lowest BCUT2D eigenvalue weighted by Crippen LogP contribution is -2.27. The van der Waals surface area contributed by atoms with E-state index in [-0.39, 0.29) is 11.8 Å². The fourth-order valence-electron chi connectivity index (χ4n) is 2.25. The molecule has 20 heavy (non-hydrogen) atoms. The van der Waals surface area contributed by atoms with E-state index in [2.05, 4.69) is 42.2 Å². The van der Waals surface area contributed by atoms with Gasteiger partial charge in [0.25, 0.3) is 0 Å². The molecule has 2 rings (SSSR count). The third-order valence-corrected chi connectivity index (χ3v) is 3.45. The highest BCUT2D eigenvalue weighted by molar-refractivity contribution is 7.80. The molecule has 104 valence electrons. The Labute approximate surface area is 125 Å². The number of carbonyl (C=O) groups excluding carboxylic acids is 1. The fourth-order valence-corrected chi connectivity index (χ4v) is 2.36. The van der Waals surface area contributed by atoms with Gasteiger partial charge in [-0.05, 0) is 11.1 Å². The number of amides is 1. The van der Waals surface area contributed by atoms with E-state index >= 15 is 0 Å². The van der Waals surface area contributed by atoms with Crippen LogP contribution in [0.25, 0.3) is 0 Å². The monoisotopic (exact) mass is 285 g/mol. The molecule has 0 saturated heterocycles. The van der Waals surface area contributed by atoms with Crippen molar-refractivity contribution in [3.8, 4) is 0 Å². The molecule has 0 aliphatic heterocycles. The molecule has 0 spiro atoms. The van der Waals surface area contributed by atoms with Crippen LogP contribution in [0.5, 0.6) is 0 Å². The molecule has 2 aromatic carbocycles. The van der Waals surface area contributed by atoms with Crippen molar-refractivity contribution in [3.05, 3.63) is 71.8 Å². The molecule has 0 saturated carbocycles. The largest absolute Gasteiger partial charge is 0.355 e. The predicted molar refractivity (Wildman–Crippen MR) is 86.2 cm³/mol. The van der Waals surface area contributed by atoms with Gasteiger partial charge >= 0.3 is 0 Å². The second-order valence-corrected chi connectivity index (χ2v) is 5.10. The molecule has 3 heteroatoms. The van der Waals surface area contributed by atoms with Crippen LogP contribution in [-0.2, 0) is 4.79 Å².